The van der Waals surface area contributed by atoms with Gasteiger partial charge in [0.2, 0.25) is 0 Å². The molecule has 4 aliphatic rings. The Morgan fingerprint density at radius 2 is 2.07 bits per heavy atom. The van der Waals surface area contributed by atoms with Gasteiger partial charge in [-0.3, -0.25) is 9.59 Å². The fourth-order valence-electron chi connectivity index (χ4n) is 7.31. The van der Waals surface area contributed by atoms with Crippen LogP contribution in [-0.2, 0) is 14.3 Å². The molecule has 0 aromatic heterocycles. The molecule has 3 unspecified atom stereocenters. The molecule has 5 nitrogen and oxygen atoms in total. The minimum absolute atomic E-state index is 0.0297. The summed E-state index contributed by atoms with van der Waals surface area (Å²) in [4.78, 5) is 24.9. The van der Waals surface area contributed by atoms with Crippen molar-refractivity contribution < 1.29 is 24.5 Å². The molecular weight excluding hydrogens is 356 g/mol. The van der Waals surface area contributed by atoms with E-state index in [2.05, 4.69) is 12.8 Å². The summed E-state index contributed by atoms with van der Waals surface area (Å²) in [6.45, 7) is 4.10. The number of ketones is 1. The van der Waals surface area contributed by atoms with Crippen LogP contribution in [0.5, 0.6) is 0 Å². The number of fused-ring (bicyclic) bond motifs is 5. The number of terminal acetylenes is 1. The Morgan fingerprint density at radius 1 is 1.36 bits per heavy atom. The molecule has 0 amide bonds. The molecule has 0 aromatic rings. The van der Waals surface area contributed by atoms with E-state index in [1.807, 2.05) is 6.92 Å². The first kappa shape index (κ1) is 19.7. The van der Waals surface area contributed by atoms with Gasteiger partial charge >= 0.3 is 5.97 Å². The van der Waals surface area contributed by atoms with Crippen LogP contribution < -0.4 is 0 Å². The molecule has 152 valence electrons. The highest BCUT2D eigenvalue weighted by Gasteiger charge is 2.68. The quantitative estimate of drug-likeness (QED) is 0.533. The lowest BCUT2D eigenvalue weighted by Gasteiger charge is -2.61. The zero-order valence-corrected chi connectivity index (χ0v) is 16.9. The topological polar surface area (TPSA) is 83.8 Å². The first-order valence-electron chi connectivity index (χ1n) is 10.3. The second kappa shape index (κ2) is 6.18. The van der Waals surface area contributed by atoms with Crippen LogP contribution >= 0.6 is 0 Å². The Hall–Kier alpha value is -1.64. The number of ether oxygens (including phenoxy) is 1. The summed E-state index contributed by atoms with van der Waals surface area (Å²) in [5.74, 6) is 1.71. The van der Waals surface area contributed by atoms with Crippen molar-refractivity contribution in [2.24, 2.45) is 34.5 Å². The average molecular weight is 386 g/mol. The largest absolute Gasteiger partial charge is 0.469 e. The minimum atomic E-state index is -1.27. The van der Waals surface area contributed by atoms with Gasteiger partial charge in [0.1, 0.15) is 5.60 Å². The number of hydrogen-bond donors (Lipinski definition) is 2. The van der Waals surface area contributed by atoms with Gasteiger partial charge in [-0.2, -0.15) is 0 Å². The van der Waals surface area contributed by atoms with Crippen LogP contribution in [0.3, 0.4) is 0 Å². The first-order valence-corrected chi connectivity index (χ1v) is 10.3. The number of allylic oxidation sites excluding steroid dienone is 1. The van der Waals surface area contributed by atoms with E-state index in [4.69, 9.17) is 11.2 Å². The lowest BCUT2D eigenvalue weighted by atomic mass is 9.43. The molecule has 4 rings (SSSR count). The summed E-state index contributed by atoms with van der Waals surface area (Å²) < 4.78 is 5.14. The normalized spacial score (nSPS) is 49.9. The number of esters is 1. The summed E-state index contributed by atoms with van der Waals surface area (Å²) in [5, 5.41) is 22.5. The molecule has 8 atom stereocenters. The summed E-state index contributed by atoms with van der Waals surface area (Å²) in [5.41, 5.74) is -1.27. The summed E-state index contributed by atoms with van der Waals surface area (Å²) in [6.07, 6.45) is 9.97. The monoisotopic (exact) mass is 386 g/mol. The molecule has 2 N–H and O–H groups in total. The lowest BCUT2D eigenvalue weighted by molar-refractivity contribution is -0.183. The molecule has 28 heavy (non-hydrogen) atoms. The SMILES string of the molecule is C#CC1(O)CC[C@H]2C3C([C@H](O)C[C@@]21C)[C@@]1(C)CCC(=O)C=C1C[C@H]3C(=O)OC. The van der Waals surface area contributed by atoms with Crippen molar-refractivity contribution in [2.75, 3.05) is 7.11 Å². The van der Waals surface area contributed by atoms with Crippen molar-refractivity contribution in [3.05, 3.63) is 11.6 Å². The minimum Gasteiger partial charge on any atom is -0.469 e. The van der Waals surface area contributed by atoms with Gasteiger partial charge in [0.05, 0.1) is 19.1 Å². The maximum Gasteiger partial charge on any atom is 0.309 e. The third-order valence-electron chi connectivity index (χ3n) is 8.85. The summed E-state index contributed by atoms with van der Waals surface area (Å²) in [7, 11) is 1.39. The Bertz CT molecular complexity index is 793. The fourth-order valence-corrected chi connectivity index (χ4v) is 7.31. The third-order valence-corrected chi connectivity index (χ3v) is 8.85. The van der Waals surface area contributed by atoms with Gasteiger partial charge in [-0.05, 0) is 61.3 Å². The van der Waals surface area contributed by atoms with Gasteiger partial charge in [-0.25, -0.2) is 0 Å². The van der Waals surface area contributed by atoms with Crippen LogP contribution in [0.15, 0.2) is 11.6 Å². The molecule has 0 spiro atoms. The van der Waals surface area contributed by atoms with Crippen LogP contribution in [0, 0.1) is 46.8 Å². The highest BCUT2D eigenvalue weighted by molar-refractivity contribution is 5.92. The number of methoxy groups -OCH3 is 1. The van der Waals surface area contributed by atoms with E-state index in [9.17, 15) is 19.8 Å². The molecule has 0 bridgehead atoms. The number of aliphatic hydroxyl groups excluding tert-OH is 1. The lowest BCUT2D eigenvalue weighted by Crippen LogP contribution is -2.62. The van der Waals surface area contributed by atoms with Crippen LogP contribution in [0.1, 0.15) is 52.4 Å². The Balaban J connectivity index is 1.86. The summed E-state index contributed by atoms with van der Waals surface area (Å²) >= 11 is 0. The third kappa shape index (κ3) is 2.34. The first-order chi connectivity index (χ1) is 13.1. The van der Waals surface area contributed by atoms with Gasteiger partial charge in [0.15, 0.2) is 5.78 Å². The highest BCUT2D eigenvalue weighted by atomic mass is 16.5. The van der Waals surface area contributed by atoms with Crippen LogP contribution in [0.2, 0.25) is 0 Å². The Morgan fingerprint density at radius 3 is 2.71 bits per heavy atom. The van der Waals surface area contributed by atoms with Crippen LogP contribution in [0.4, 0.5) is 0 Å². The van der Waals surface area contributed by atoms with Crippen molar-refractivity contribution in [1.82, 2.24) is 0 Å². The maximum absolute atomic E-state index is 12.8. The molecule has 0 aliphatic heterocycles. The number of hydrogen-bond acceptors (Lipinski definition) is 5. The second-order valence-electron chi connectivity index (χ2n) is 9.83. The van der Waals surface area contributed by atoms with E-state index in [0.717, 1.165) is 12.0 Å². The van der Waals surface area contributed by atoms with Crippen LogP contribution in [-0.4, -0.2) is 40.8 Å². The van der Waals surface area contributed by atoms with E-state index in [0.29, 0.717) is 32.1 Å². The van der Waals surface area contributed by atoms with Crippen molar-refractivity contribution in [3.8, 4) is 12.3 Å². The van der Waals surface area contributed by atoms with E-state index < -0.39 is 23.0 Å². The molecule has 5 heteroatoms. The molecule has 0 radical (unpaired) electrons. The maximum atomic E-state index is 12.8. The molecular formula is C23H30O5. The van der Waals surface area contributed by atoms with Gasteiger partial charge in [0.25, 0.3) is 0 Å². The average Bonchev–Trinajstić information content (AvgIpc) is 2.92. The molecule has 3 saturated carbocycles. The standard InChI is InChI=1S/C23H30O5/c1-5-23(27)9-7-16-18-15(20(26)28-4)11-13-10-14(24)6-8-21(13,2)19(18)17(25)12-22(16,23)3/h1,10,15-19,25,27H,6-9,11-12H2,2-4H3/t15-,16+,17-,18?,19?,21+,22+,23?/m1/s1. The molecule has 4 aliphatic carbocycles. The highest BCUT2D eigenvalue weighted by Crippen LogP contribution is 2.68. The predicted molar refractivity (Wildman–Crippen MR) is 103 cm³/mol. The van der Waals surface area contributed by atoms with E-state index in [1.54, 1.807) is 6.08 Å². The molecule has 3 fully saturated rings. The van der Waals surface area contributed by atoms with Gasteiger partial charge in [-0.15, -0.1) is 6.42 Å². The smallest absolute Gasteiger partial charge is 0.309 e. The zero-order chi connectivity index (χ0) is 20.5. The second-order valence-corrected chi connectivity index (χ2v) is 9.83. The van der Waals surface area contributed by atoms with Crippen molar-refractivity contribution >= 4 is 11.8 Å². The van der Waals surface area contributed by atoms with Crippen molar-refractivity contribution in [3.63, 3.8) is 0 Å². The van der Waals surface area contributed by atoms with E-state index in [1.165, 1.54) is 7.11 Å². The van der Waals surface area contributed by atoms with E-state index in [-0.39, 0.29) is 34.9 Å². The van der Waals surface area contributed by atoms with Crippen molar-refractivity contribution in [1.29, 1.82) is 0 Å². The Kier molecular flexibility index (Phi) is 4.34. The number of carbonyl (C=O) groups is 2. The number of aliphatic hydroxyl groups is 2. The van der Waals surface area contributed by atoms with Gasteiger partial charge in [0, 0.05) is 11.8 Å². The zero-order valence-electron chi connectivity index (χ0n) is 16.9. The van der Waals surface area contributed by atoms with Crippen molar-refractivity contribution in [2.45, 2.75) is 64.1 Å². The molecule has 0 saturated heterocycles. The van der Waals surface area contributed by atoms with Gasteiger partial charge < -0.3 is 14.9 Å². The Labute approximate surface area is 166 Å². The summed E-state index contributed by atoms with van der Waals surface area (Å²) in [6, 6.07) is 0. The predicted octanol–water partition coefficient (Wildman–Crippen LogP) is 2.25. The van der Waals surface area contributed by atoms with Gasteiger partial charge in [-0.1, -0.05) is 25.3 Å². The van der Waals surface area contributed by atoms with Crippen LogP contribution in [0.25, 0.3) is 0 Å². The molecule has 0 heterocycles. The fraction of sp³-hybridized carbons (Fsp3) is 0.739. The number of rotatable bonds is 1. The molecule has 0 aromatic carbocycles. The van der Waals surface area contributed by atoms with E-state index >= 15 is 0 Å². The number of carbonyl (C=O) groups excluding carboxylic acids is 2.